The van der Waals surface area contributed by atoms with Gasteiger partial charge in [-0.15, -0.1) is 0 Å². The van der Waals surface area contributed by atoms with Gasteiger partial charge in [0.25, 0.3) is 5.56 Å². The maximum Gasteiger partial charge on any atom is 0.252 e. The van der Waals surface area contributed by atoms with Crippen molar-refractivity contribution >= 4 is 17.0 Å². The number of aromatic nitrogens is 3. The van der Waals surface area contributed by atoms with Crippen LogP contribution in [0.15, 0.2) is 10.9 Å². The van der Waals surface area contributed by atoms with Gasteiger partial charge in [-0.1, -0.05) is 0 Å². The number of nitrogens with two attached hydrogens (primary N) is 1. The minimum atomic E-state index is -0.144. The van der Waals surface area contributed by atoms with Gasteiger partial charge in [0.2, 0.25) is 5.95 Å². The lowest BCUT2D eigenvalue weighted by molar-refractivity contribution is 1.11. The van der Waals surface area contributed by atoms with Gasteiger partial charge in [-0.3, -0.25) is 4.79 Å². The number of fused-ring (bicyclic) bond motifs is 1. The molecule has 0 amide bonds. The van der Waals surface area contributed by atoms with Crippen LogP contribution in [0.1, 0.15) is 11.3 Å². The molecule has 0 spiro atoms. The summed E-state index contributed by atoms with van der Waals surface area (Å²) >= 11 is 0. The van der Waals surface area contributed by atoms with Crippen molar-refractivity contribution in [3.8, 4) is 0 Å². The van der Waals surface area contributed by atoms with E-state index in [9.17, 15) is 4.79 Å². The maximum atomic E-state index is 11.3. The Labute approximate surface area is 80.0 Å². The Hall–Kier alpha value is -1.91. The summed E-state index contributed by atoms with van der Waals surface area (Å²) in [6.07, 6.45) is 0. The van der Waals surface area contributed by atoms with Crippen molar-refractivity contribution in [1.29, 1.82) is 0 Å². The predicted octanol–water partition coefficient (Wildman–Crippen LogP) is 0.517. The molecule has 2 aromatic heterocycles. The Morgan fingerprint density at radius 2 is 2.07 bits per heavy atom. The van der Waals surface area contributed by atoms with Crippen LogP contribution in [0.5, 0.6) is 0 Å². The zero-order chi connectivity index (χ0) is 10.3. The van der Waals surface area contributed by atoms with E-state index in [0.29, 0.717) is 11.2 Å². The van der Waals surface area contributed by atoms with Crippen molar-refractivity contribution in [3.63, 3.8) is 0 Å². The van der Waals surface area contributed by atoms with Crippen LogP contribution in [-0.2, 0) is 0 Å². The van der Waals surface area contributed by atoms with Crippen LogP contribution in [0.2, 0.25) is 0 Å². The van der Waals surface area contributed by atoms with Crippen molar-refractivity contribution < 1.29 is 0 Å². The molecule has 2 aromatic rings. The summed E-state index contributed by atoms with van der Waals surface area (Å²) in [5, 5.41) is 0.830. The first-order valence-corrected chi connectivity index (χ1v) is 4.21. The molecule has 2 rings (SSSR count). The molecule has 0 unspecified atom stereocenters. The average molecular weight is 190 g/mol. The van der Waals surface area contributed by atoms with Gasteiger partial charge in [-0.25, -0.2) is 4.98 Å². The van der Waals surface area contributed by atoms with E-state index in [1.165, 1.54) is 0 Å². The van der Waals surface area contributed by atoms with Gasteiger partial charge in [-0.2, -0.15) is 4.98 Å². The molecule has 0 aliphatic heterocycles. The van der Waals surface area contributed by atoms with Crippen molar-refractivity contribution in [2.45, 2.75) is 13.8 Å². The van der Waals surface area contributed by atoms with E-state index in [1.54, 1.807) is 13.0 Å². The van der Waals surface area contributed by atoms with E-state index in [0.717, 1.165) is 11.1 Å². The molecule has 0 radical (unpaired) electrons. The highest BCUT2D eigenvalue weighted by molar-refractivity contribution is 5.78. The highest BCUT2D eigenvalue weighted by Crippen LogP contribution is 2.12. The largest absolute Gasteiger partial charge is 0.368 e. The fourth-order valence-corrected chi connectivity index (χ4v) is 1.36. The summed E-state index contributed by atoms with van der Waals surface area (Å²) in [5.41, 5.74) is 7.23. The number of pyridine rings is 1. The molecule has 0 fully saturated rings. The van der Waals surface area contributed by atoms with Crippen molar-refractivity contribution in [3.05, 3.63) is 27.7 Å². The molecule has 2 heterocycles. The molecule has 0 aliphatic rings. The van der Waals surface area contributed by atoms with Crippen LogP contribution in [0.3, 0.4) is 0 Å². The van der Waals surface area contributed by atoms with E-state index in [1.807, 2.05) is 6.92 Å². The Balaban J connectivity index is 2.96. The monoisotopic (exact) mass is 190 g/mol. The Morgan fingerprint density at radius 1 is 1.36 bits per heavy atom. The van der Waals surface area contributed by atoms with Crippen LogP contribution in [0, 0.1) is 13.8 Å². The summed E-state index contributed by atoms with van der Waals surface area (Å²) in [6, 6.07) is 1.77. The quantitative estimate of drug-likeness (QED) is 0.634. The summed E-state index contributed by atoms with van der Waals surface area (Å²) in [7, 11) is 0. The Bertz CT molecular complexity index is 558. The molecule has 14 heavy (non-hydrogen) atoms. The minimum absolute atomic E-state index is 0.144. The number of nitrogens with one attached hydrogen (secondary N) is 1. The van der Waals surface area contributed by atoms with Crippen LogP contribution < -0.4 is 11.3 Å². The average Bonchev–Trinajstić information content (AvgIpc) is 2.08. The van der Waals surface area contributed by atoms with Gasteiger partial charge in [0.1, 0.15) is 5.65 Å². The highest BCUT2D eigenvalue weighted by atomic mass is 16.1. The molecule has 0 saturated carbocycles. The fourth-order valence-electron chi connectivity index (χ4n) is 1.36. The van der Waals surface area contributed by atoms with Crippen molar-refractivity contribution in [1.82, 2.24) is 15.0 Å². The molecule has 0 saturated heterocycles. The van der Waals surface area contributed by atoms with E-state index in [-0.39, 0.29) is 11.5 Å². The third-order valence-electron chi connectivity index (χ3n) is 2.10. The maximum absolute atomic E-state index is 11.3. The highest BCUT2D eigenvalue weighted by Gasteiger charge is 2.04. The zero-order valence-electron chi connectivity index (χ0n) is 7.96. The van der Waals surface area contributed by atoms with Crippen molar-refractivity contribution in [2.75, 3.05) is 5.73 Å². The van der Waals surface area contributed by atoms with Crippen LogP contribution >= 0.6 is 0 Å². The normalized spacial score (nSPS) is 10.7. The topological polar surface area (TPSA) is 84.7 Å². The van der Waals surface area contributed by atoms with Gasteiger partial charge in [0.05, 0.1) is 5.69 Å². The molecule has 0 aliphatic carbocycles. The number of H-pyrrole nitrogens is 1. The number of hydrogen-bond donors (Lipinski definition) is 2. The predicted molar refractivity (Wildman–Crippen MR) is 54.0 cm³/mol. The number of nitrogen functional groups attached to an aromatic ring is 1. The Morgan fingerprint density at radius 3 is 2.79 bits per heavy atom. The molecule has 0 aromatic carbocycles. The van der Waals surface area contributed by atoms with Gasteiger partial charge < -0.3 is 10.7 Å². The summed E-state index contributed by atoms with van der Waals surface area (Å²) in [5.74, 6) is 0.175. The lowest BCUT2D eigenvalue weighted by atomic mass is 10.2. The molecule has 0 bridgehead atoms. The van der Waals surface area contributed by atoms with E-state index in [4.69, 9.17) is 5.73 Å². The number of rotatable bonds is 0. The number of aryl methyl sites for hydroxylation is 2. The summed E-state index contributed by atoms with van der Waals surface area (Å²) in [4.78, 5) is 21.9. The zero-order valence-corrected chi connectivity index (χ0v) is 7.96. The van der Waals surface area contributed by atoms with E-state index < -0.39 is 0 Å². The minimum Gasteiger partial charge on any atom is -0.368 e. The fraction of sp³-hybridized carbons (Fsp3) is 0.222. The second-order valence-corrected chi connectivity index (χ2v) is 3.21. The first kappa shape index (κ1) is 8.68. The van der Waals surface area contributed by atoms with Gasteiger partial charge in [0, 0.05) is 10.9 Å². The van der Waals surface area contributed by atoms with Crippen molar-refractivity contribution in [2.24, 2.45) is 0 Å². The van der Waals surface area contributed by atoms with Gasteiger partial charge in [0.15, 0.2) is 0 Å². The first-order chi connectivity index (χ1) is 6.58. The second kappa shape index (κ2) is 2.80. The van der Waals surface area contributed by atoms with E-state index >= 15 is 0 Å². The van der Waals surface area contributed by atoms with Gasteiger partial charge in [-0.05, 0) is 19.9 Å². The lowest BCUT2D eigenvalue weighted by Gasteiger charge is -2.02. The van der Waals surface area contributed by atoms with Crippen LogP contribution in [0.25, 0.3) is 11.0 Å². The summed E-state index contributed by atoms with van der Waals surface area (Å²) < 4.78 is 0. The molecule has 5 nitrogen and oxygen atoms in total. The third-order valence-corrected chi connectivity index (χ3v) is 2.10. The third kappa shape index (κ3) is 1.22. The summed E-state index contributed by atoms with van der Waals surface area (Å²) in [6.45, 7) is 3.58. The van der Waals surface area contributed by atoms with Crippen LogP contribution in [-0.4, -0.2) is 15.0 Å². The number of nitrogens with zero attached hydrogens (tertiary/aromatic N) is 2. The SMILES string of the molecule is Cc1cc2c(C)nc(N)nc2[nH]c1=O. The molecular weight excluding hydrogens is 180 g/mol. The second-order valence-electron chi connectivity index (χ2n) is 3.21. The molecular formula is C9H10N4O. The number of anilines is 1. The Kier molecular flexibility index (Phi) is 1.73. The number of hydrogen-bond acceptors (Lipinski definition) is 4. The smallest absolute Gasteiger partial charge is 0.252 e. The van der Waals surface area contributed by atoms with E-state index in [2.05, 4.69) is 15.0 Å². The molecule has 72 valence electrons. The van der Waals surface area contributed by atoms with Gasteiger partial charge >= 0.3 is 0 Å². The molecule has 5 heteroatoms. The molecule has 0 atom stereocenters. The first-order valence-electron chi connectivity index (χ1n) is 4.21. The number of aromatic amines is 1. The van der Waals surface area contributed by atoms with Crippen LogP contribution in [0.4, 0.5) is 5.95 Å². The molecule has 3 N–H and O–H groups in total. The lowest BCUT2D eigenvalue weighted by Crippen LogP contribution is -2.11. The standard InChI is InChI=1S/C9H10N4O/c1-4-3-6-5(2)11-9(10)13-7(6)12-8(4)14/h3H,1-2H3,(H3,10,11,12,13,14).